The fourth-order valence-electron chi connectivity index (χ4n) is 3.19. The molecule has 1 fully saturated rings. The van der Waals surface area contributed by atoms with Crippen molar-refractivity contribution in [1.82, 2.24) is 0 Å². The predicted octanol–water partition coefficient (Wildman–Crippen LogP) is 6.34. The summed E-state index contributed by atoms with van der Waals surface area (Å²) < 4.78 is 69.7. The number of ether oxygens (including phenoxy) is 1. The van der Waals surface area contributed by atoms with E-state index in [9.17, 15) is 22.0 Å². The summed E-state index contributed by atoms with van der Waals surface area (Å²) in [5.41, 5.74) is 0.978. The van der Waals surface area contributed by atoms with Crippen LogP contribution in [0.15, 0.2) is 24.3 Å². The first-order valence-corrected chi connectivity index (χ1v) is 8.43. The molecule has 0 spiro atoms. The fourth-order valence-corrected chi connectivity index (χ4v) is 3.19. The van der Waals surface area contributed by atoms with Crippen LogP contribution in [0.2, 0.25) is 0 Å². The van der Waals surface area contributed by atoms with Gasteiger partial charge in [-0.25, -0.2) is 0 Å². The summed E-state index contributed by atoms with van der Waals surface area (Å²) in [6, 6.07) is 7.44. The van der Waals surface area contributed by atoms with E-state index in [4.69, 9.17) is 4.74 Å². The maximum atomic E-state index is 13.4. The molecule has 1 aromatic carbocycles. The molecular formula is C18H23F5O. The number of hydrogen-bond acceptors (Lipinski definition) is 1. The maximum absolute atomic E-state index is 13.4. The van der Waals surface area contributed by atoms with Gasteiger partial charge in [0.2, 0.25) is 0 Å². The maximum Gasteiger partial charge on any atom is 0.453 e. The number of unbranched alkanes of at least 4 members (excludes halogenated alkanes) is 1. The summed E-state index contributed by atoms with van der Waals surface area (Å²) in [5, 5.41) is 0. The molecule has 1 saturated carbocycles. The minimum atomic E-state index is -5.46. The summed E-state index contributed by atoms with van der Waals surface area (Å²) in [5.74, 6) is -5.40. The van der Waals surface area contributed by atoms with Crippen molar-refractivity contribution < 1.29 is 26.7 Å². The molecule has 1 aliphatic carbocycles. The third-order valence-electron chi connectivity index (χ3n) is 4.74. The molecule has 0 heterocycles. The average molecular weight is 350 g/mol. The standard InChI is InChI=1S/C18H23F5O/c1-2-3-12-24-16-10-6-14(7-11-16)13-4-8-15(9-5-13)17(19,20)18(21,22)23/h6-7,10-11,13,15H,2-5,8-9,12H2,1H3/t13-,15-. The highest BCUT2D eigenvalue weighted by molar-refractivity contribution is 5.29. The second kappa shape index (κ2) is 7.70. The highest BCUT2D eigenvalue weighted by atomic mass is 19.4. The van der Waals surface area contributed by atoms with Gasteiger partial charge in [0.1, 0.15) is 5.75 Å². The Labute approximate surface area is 139 Å². The lowest BCUT2D eigenvalue weighted by Crippen LogP contribution is -2.44. The Bertz CT molecular complexity index is 501. The van der Waals surface area contributed by atoms with Crippen LogP contribution in [0.4, 0.5) is 22.0 Å². The van der Waals surface area contributed by atoms with Crippen molar-refractivity contribution in [3.8, 4) is 5.75 Å². The second-order valence-corrected chi connectivity index (χ2v) is 6.44. The highest BCUT2D eigenvalue weighted by Gasteiger charge is 2.62. The summed E-state index contributed by atoms with van der Waals surface area (Å²) in [7, 11) is 0. The van der Waals surface area contributed by atoms with Gasteiger partial charge in [-0.15, -0.1) is 0 Å². The van der Waals surface area contributed by atoms with E-state index in [1.54, 1.807) is 0 Å². The molecule has 0 bridgehead atoms. The number of hydrogen-bond donors (Lipinski definition) is 0. The first-order valence-electron chi connectivity index (χ1n) is 8.43. The summed E-state index contributed by atoms with van der Waals surface area (Å²) in [6.45, 7) is 2.72. The lowest BCUT2D eigenvalue weighted by atomic mass is 9.76. The summed E-state index contributed by atoms with van der Waals surface area (Å²) in [4.78, 5) is 0. The van der Waals surface area contributed by atoms with Gasteiger partial charge in [-0.3, -0.25) is 0 Å². The van der Waals surface area contributed by atoms with Gasteiger partial charge >= 0.3 is 12.1 Å². The quantitative estimate of drug-likeness (QED) is 0.430. The Kier molecular flexibility index (Phi) is 6.10. The van der Waals surface area contributed by atoms with E-state index in [-0.39, 0.29) is 18.8 Å². The molecule has 0 aliphatic heterocycles. The lowest BCUT2D eigenvalue weighted by molar-refractivity contribution is -0.305. The molecule has 0 saturated heterocycles. The van der Waals surface area contributed by atoms with Gasteiger partial charge in [-0.2, -0.15) is 22.0 Å². The molecule has 2 rings (SSSR count). The number of rotatable bonds is 6. The Morgan fingerprint density at radius 3 is 2.04 bits per heavy atom. The van der Waals surface area contributed by atoms with E-state index in [1.807, 2.05) is 24.3 Å². The highest BCUT2D eigenvalue weighted by Crippen LogP contribution is 2.49. The van der Waals surface area contributed by atoms with Gasteiger partial charge in [0.25, 0.3) is 0 Å². The van der Waals surface area contributed by atoms with Crippen molar-refractivity contribution in [2.75, 3.05) is 6.61 Å². The van der Waals surface area contributed by atoms with Crippen molar-refractivity contribution in [1.29, 1.82) is 0 Å². The Balaban J connectivity index is 1.90. The van der Waals surface area contributed by atoms with Crippen LogP contribution in [0.5, 0.6) is 5.75 Å². The number of alkyl halides is 5. The third-order valence-corrected chi connectivity index (χ3v) is 4.74. The molecule has 136 valence electrons. The van der Waals surface area contributed by atoms with Crippen LogP contribution in [0.25, 0.3) is 0 Å². The number of benzene rings is 1. The molecule has 0 unspecified atom stereocenters. The minimum absolute atomic E-state index is 0.0370. The minimum Gasteiger partial charge on any atom is -0.494 e. The van der Waals surface area contributed by atoms with E-state index in [2.05, 4.69) is 6.92 Å². The first-order chi connectivity index (χ1) is 11.3. The SMILES string of the molecule is CCCCOc1ccc([C@H]2CC[C@H](C(F)(F)C(F)(F)F)CC2)cc1. The first kappa shape index (κ1) is 19.0. The largest absolute Gasteiger partial charge is 0.494 e. The smallest absolute Gasteiger partial charge is 0.453 e. The van der Waals surface area contributed by atoms with Crippen molar-refractivity contribution in [2.45, 2.75) is 63.5 Å². The third kappa shape index (κ3) is 4.39. The molecule has 0 amide bonds. The van der Waals surface area contributed by atoms with Crippen LogP contribution in [0.1, 0.15) is 56.9 Å². The van der Waals surface area contributed by atoms with Gasteiger partial charge in [-0.05, 0) is 55.7 Å². The number of halogens is 5. The van der Waals surface area contributed by atoms with E-state index in [0.717, 1.165) is 24.2 Å². The normalized spacial score (nSPS) is 22.4. The topological polar surface area (TPSA) is 9.23 Å². The summed E-state index contributed by atoms with van der Waals surface area (Å²) >= 11 is 0. The molecule has 0 radical (unpaired) electrons. The van der Waals surface area contributed by atoms with Gasteiger partial charge < -0.3 is 4.74 Å². The predicted molar refractivity (Wildman–Crippen MR) is 82.5 cm³/mol. The van der Waals surface area contributed by atoms with Gasteiger partial charge in [0.05, 0.1) is 6.61 Å². The molecule has 0 aromatic heterocycles. The monoisotopic (exact) mass is 350 g/mol. The van der Waals surface area contributed by atoms with Crippen LogP contribution in [-0.2, 0) is 0 Å². The average Bonchev–Trinajstić information content (AvgIpc) is 2.55. The molecular weight excluding hydrogens is 327 g/mol. The zero-order valence-corrected chi connectivity index (χ0v) is 13.7. The molecule has 6 heteroatoms. The second-order valence-electron chi connectivity index (χ2n) is 6.44. The van der Waals surface area contributed by atoms with Crippen LogP contribution in [0.3, 0.4) is 0 Å². The van der Waals surface area contributed by atoms with E-state index < -0.39 is 18.0 Å². The van der Waals surface area contributed by atoms with E-state index >= 15 is 0 Å². The zero-order chi connectivity index (χ0) is 17.8. The van der Waals surface area contributed by atoms with Crippen molar-refractivity contribution >= 4 is 0 Å². The Hall–Kier alpha value is -1.33. The van der Waals surface area contributed by atoms with Crippen LogP contribution < -0.4 is 4.74 Å². The van der Waals surface area contributed by atoms with E-state index in [1.165, 1.54) is 0 Å². The van der Waals surface area contributed by atoms with Gasteiger partial charge in [0, 0.05) is 5.92 Å². The van der Waals surface area contributed by atoms with Crippen LogP contribution in [0, 0.1) is 5.92 Å². The fraction of sp³-hybridized carbons (Fsp3) is 0.667. The van der Waals surface area contributed by atoms with Crippen LogP contribution in [-0.4, -0.2) is 18.7 Å². The Morgan fingerprint density at radius 1 is 0.958 bits per heavy atom. The lowest BCUT2D eigenvalue weighted by Gasteiger charge is -2.34. The summed E-state index contributed by atoms with van der Waals surface area (Å²) in [6.07, 6.45) is -2.94. The zero-order valence-electron chi connectivity index (χ0n) is 13.7. The molecule has 1 nitrogen and oxygen atoms in total. The Morgan fingerprint density at radius 2 is 1.54 bits per heavy atom. The van der Waals surface area contributed by atoms with Gasteiger partial charge in [0.15, 0.2) is 0 Å². The molecule has 1 aliphatic rings. The molecule has 0 atom stereocenters. The van der Waals surface area contributed by atoms with Crippen molar-refractivity contribution in [3.63, 3.8) is 0 Å². The van der Waals surface area contributed by atoms with Crippen molar-refractivity contribution in [3.05, 3.63) is 29.8 Å². The van der Waals surface area contributed by atoms with Crippen molar-refractivity contribution in [2.24, 2.45) is 5.92 Å². The van der Waals surface area contributed by atoms with Crippen LogP contribution >= 0.6 is 0 Å². The molecule has 24 heavy (non-hydrogen) atoms. The van der Waals surface area contributed by atoms with Gasteiger partial charge in [-0.1, -0.05) is 25.5 Å². The molecule has 0 N–H and O–H groups in total. The van der Waals surface area contributed by atoms with E-state index in [0.29, 0.717) is 19.4 Å². The molecule has 1 aromatic rings.